The second-order valence-corrected chi connectivity index (χ2v) is 9.20. The molecule has 1 aromatic carbocycles. The van der Waals surface area contributed by atoms with Crippen LogP contribution in [0.25, 0.3) is 0 Å². The third kappa shape index (κ3) is 8.04. The van der Waals surface area contributed by atoms with E-state index in [0.717, 1.165) is 24.1 Å². The van der Waals surface area contributed by atoms with Crippen molar-refractivity contribution in [2.75, 3.05) is 26.8 Å². The zero-order valence-electron chi connectivity index (χ0n) is 20.2. The summed E-state index contributed by atoms with van der Waals surface area (Å²) < 4.78 is 7.23. The molecule has 1 aliphatic rings. The van der Waals surface area contributed by atoms with Gasteiger partial charge in [0.05, 0.1) is 13.1 Å². The van der Waals surface area contributed by atoms with Gasteiger partial charge in [-0.1, -0.05) is 56.0 Å². The van der Waals surface area contributed by atoms with Crippen LogP contribution in [0.1, 0.15) is 56.2 Å². The number of rotatable bonds is 13. The number of amides is 2. The first-order valence-electron chi connectivity index (χ1n) is 12.3. The van der Waals surface area contributed by atoms with Gasteiger partial charge in [-0.3, -0.25) is 9.59 Å². The minimum atomic E-state index is -0.0216. The van der Waals surface area contributed by atoms with Gasteiger partial charge in [0.15, 0.2) is 0 Å². The van der Waals surface area contributed by atoms with E-state index in [4.69, 9.17) is 4.74 Å². The fraction of sp³-hybridized carbons (Fsp3) is 0.556. The van der Waals surface area contributed by atoms with Gasteiger partial charge in [-0.2, -0.15) is 0 Å². The van der Waals surface area contributed by atoms with Crippen LogP contribution >= 0.6 is 0 Å². The Morgan fingerprint density at radius 3 is 2.42 bits per heavy atom. The van der Waals surface area contributed by atoms with Crippen LogP contribution in [0.15, 0.2) is 48.7 Å². The number of carbonyl (C=O) groups is 2. The molecule has 1 fully saturated rings. The van der Waals surface area contributed by atoms with Crippen LogP contribution < -0.4 is 0 Å². The van der Waals surface area contributed by atoms with Crippen molar-refractivity contribution in [3.63, 3.8) is 0 Å². The highest BCUT2D eigenvalue weighted by Gasteiger charge is 2.24. The van der Waals surface area contributed by atoms with Crippen molar-refractivity contribution in [3.8, 4) is 0 Å². The third-order valence-corrected chi connectivity index (χ3v) is 6.67. The van der Waals surface area contributed by atoms with Gasteiger partial charge in [0, 0.05) is 52.2 Å². The first kappa shape index (κ1) is 25.0. The number of methoxy groups -OCH3 is 1. The van der Waals surface area contributed by atoms with Gasteiger partial charge >= 0.3 is 0 Å². The predicted octanol–water partition coefficient (Wildman–Crippen LogP) is 4.39. The highest BCUT2D eigenvalue weighted by molar-refractivity contribution is 5.84. The summed E-state index contributed by atoms with van der Waals surface area (Å²) in [5.74, 6) is 0.731. The summed E-state index contributed by atoms with van der Waals surface area (Å²) in [5.41, 5.74) is 2.15. The molecule has 0 bridgehead atoms. The summed E-state index contributed by atoms with van der Waals surface area (Å²) in [6.07, 6.45) is 9.21. The van der Waals surface area contributed by atoms with Crippen molar-refractivity contribution in [1.82, 2.24) is 14.4 Å². The van der Waals surface area contributed by atoms with Crippen LogP contribution in [-0.2, 0) is 34.5 Å². The van der Waals surface area contributed by atoms with Crippen molar-refractivity contribution < 1.29 is 14.3 Å². The normalized spacial score (nSPS) is 13.9. The molecule has 0 atom stereocenters. The molecular formula is C27H39N3O3. The second-order valence-electron chi connectivity index (χ2n) is 9.20. The number of hydrogen-bond donors (Lipinski definition) is 0. The lowest BCUT2D eigenvalue weighted by Crippen LogP contribution is -2.43. The first-order chi connectivity index (χ1) is 16.1. The van der Waals surface area contributed by atoms with E-state index in [0.29, 0.717) is 38.6 Å². The molecule has 0 N–H and O–H groups in total. The summed E-state index contributed by atoms with van der Waals surface area (Å²) >= 11 is 0. The number of aryl methyl sites for hydroxylation is 1. The van der Waals surface area contributed by atoms with Gasteiger partial charge < -0.3 is 19.1 Å². The number of hydrogen-bond acceptors (Lipinski definition) is 3. The minimum Gasteiger partial charge on any atom is -0.385 e. The standard InChI is InChI=1S/C27H39N3O3/c1-28-17-8-14-25(28)21-30(20-24-12-4-3-5-13-24)27(32)22-29(18-9-19-33-2)26(31)16-15-23-10-6-7-11-23/h3-5,8,12-14,17,23H,6-7,9-11,15-16,18-22H2,1-2H3. The lowest BCUT2D eigenvalue weighted by Gasteiger charge is -2.28. The van der Waals surface area contributed by atoms with E-state index in [9.17, 15) is 9.59 Å². The van der Waals surface area contributed by atoms with Gasteiger partial charge in [0.25, 0.3) is 0 Å². The molecule has 1 heterocycles. The smallest absolute Gasteiger partial charge is 0.242 e. The maximum absolute atomic E-state index is 13.5. The van der Waals surface area contributed by atoms with Gasteiger partial charge in [-0.05, 0) is 36.5 Å². The summed E-state index contributed by atoms with van der Waals surface area (Å²) in [6, 6.07) is 14.1. The number of ether oxygens (including phenoxy) is 1. The van der Waals surface area contributed by atoms with Crippen molar-refractivity contribution in [1.29, 1.82) is 0 Å². The number of aromatic nitrogens is 1. The molecule has 0 radical (unpaired) electrons. The van der Waals surface area contributed by atoms with Gasteiger partial charge in [0.1, 0.15) is 0 Å². The fourth-order valence-electron chi connectivity index (χ4n) is 4.63. The zero-order chi connectivity index (χ0) is 23.5. The first-order valence-corrected chi connectivity index (χ1v) is 12.3. The Morgan fingerprint density at radius 1 is 1.00 bits per heavy atom. The van der Waals surface area contributed by atoms with E-state index < -0.39 is 0 Å². The zero-order valence-corrected chi connectivity index (χ0v) is 20.2. The fourth-order valence-corrected chi connectivity index (χ4v) is 4.63. The highest BCUT2D eigenvalue weighted by atomic mass is 16.5. The number of carbonyl (C=O) groups excluding carboxylic acids is 2. The molecule has 2 aromatic rings. The predicted molar refractivity (Wildman–Crippen MR) is 130 cm³/mol. The largest absolute Gasteiger partial charge is 0.385 e. The quantitative estimate of drug-likeness (QED) is 0.423. The molecule has 3 rings (SSSR count). The molecule has 1 saturated carbocycles. The van der Waals surface area contributed by atoms with E-state index in [1.165, 1.54) is 25.7 Å². The summed E-state index contributed by atoms with van der Waals surface area (Å²) in [6.45, 7) is 2.28. The van der Waals surface area contributed by atoms with Gasteiger partial charge in [-0.25, -0.2) is 0 Å². The molecule has 2 amide bonds. The average molecular weight is 454 g/mol. The lowest BCUT2D eigenvalue weighted by molar-refractivity contribution is -0.141. The van der Waals surface area contributed by atoms with Gasteiger partial charge in [-0.15, -0.1) is 0 Å². The monoisotopic (exact) mass is 453 g/mol. The Hall–Kier alpha value is -2.60. The van der Waals surface area contributed by atoms with Crippen molar-refractivity contribution >= 4 is 11.8 Å². The van der Waals surface area contributed by atoms with Crippen molar-refractivity contribution in [3.05, 3.63) is 59.9 Å². The van der Waals surface area contributed by atoms with E-state index in [1.54, 1.807) is 12.0 Å². The number of benzene rings is 1. The SMILES string of the molecule is COCCCN(CC(=O)N(Cc1ccccc1)Cc1cccn1C)C(=O)CCC1CCCC1. The molecule has 33 heavy (non-hydrogen) atoms. The van der Waals surface area contributed by atoms with Crippen LogP contribution in [0.5, 0.6) is 0 Å². The van der Waals surface area contributed by atoms with E-state index >= 15 is 0 Å². The molecule has 180 valence electrons. The molecule has 0 saturated heterocycles. The Morgan fingerprint density at radius 2 is 1.76 bits per heavy atom. The highest BCUT2D eigenvalue weighted by Crippen LogP contribution is 2.28. The average Bonchev–Trinajstić information content (AvgIpc) is 3.49. The van der Waals surface area contributed by atoms with Gasteiger partial charge in [0.2, 0.25) is 11.8 Å². The molecule has 0 aliphatic heterocycles. The second kappa shape index (κ2) is 13.2. The third-order valence-electron chi connectivity index (χ3n) is 6.67. The van der Waals surface area contributed by atoms with Crippen molar-refractivity contribution in [2.45, 2.75) is 58.0 Å². The summed E-state index contributed by atoms with van der Waals surface area (Å²) in [7, 11) is 3.66. The molecule has 6 heteroatoms. The summed E-state index contributed by atoms with van der Waals surface area (Å²) in [4.78, 5) is 30.2. The summed E-state index contributed by atoms with van der Waals surface area (Å²) in [5, 5.41) is 0. The Labute approximate surface area is 198 Å². The van der Waals surface area contributed by atoms with Crippen molar-refractivity contribution in [2.24, 2.45) is 13.0 Å². The maximum Gasteiger partial charge on any atom is 0.242 e. The van der Waals surface area contributed by atoms with Crippen LogP contribution in [-0.4, -0.2) is 53.0 Å². The maximum atomic E-state index is 13.5. The van der Waals surface area contributed by atoms with E-state index in [-0.39, 0.29) is 18.4 Å². The topological polar surface area (TPSA) is 54.8 Å². The molecule has 0 unspecified atom stereocenters. The lowest BCUT2D eigenvalue weighted by atomic mass is 10.0. The molecular weight excluding hydrogens is 414 g/mol. The molecule has 1 aliphatic carbocycles. The van der Waals surface area contributed by atoms with Crippen LogP contribution in [0, 0.1) is 5.92 Å². The molecule has 0 spiro atoms. The Balaban J connectivity index is 1.68. The minimum absolute atomic E-state index is 0.0216. The molecule has 1 aromatic heterocycles. The van der Waals surface area contributed by atoms with Crippen LogP contribution in [0.3, 0.4) is 0 Å². The number of nitrogens with zero attached hydrogens (tertiary/aromatic N) is 3. The van der Waals surface area contributed by atoms with Crippen LogP contribution in [0.4, 0.5) is 0 Å². The molecule has 6 nitrogen and oxygen atoms in total. The Kier molecular flexibility index (Phi) is 10.0. The Bertz CT molecular complexity index is 859. The van der Waals surface area contributed by atoms with E-state index in [1.807, 2.05) is 65.2 Å². The van der Waals surface area contributed by atoms with Crippen LogP contribution in [0.2, 0.25) is 0 Å². The van der Waals surface area contributed by atoms with E-state index in [2.05, 4.69) is 0 Å².